The zero-order valence-electron chi connectivity index (χ0n) is 13.6. The maximum atomic E-state index is 12.1. The maximum absolute atomic E-state index is 12.1. The van der Waals surface area contributed by atoms with Crippen LogP contribution in [0.2, 0.25) is 0 Å². The van der Waals surface area contributed by atoms with Crippen molar-refractivity contribution < 1.29 is 17.7 Å². The number of rotatable bonds is 6. The zero-order valence-corrected chi connectivity index (χ0v) is 14.4. The van der Waals surface area contributed by atoms with Gasteiger partial charge in [0.25, 0.3) is 10.0 Å². The van der Waals surface area contributed by atoms with Crippen molar-refractivity contribution in [3.8, 4) is 17.4 Å². The minimum atomic E-state index is -3.75. The van der Waals surface area contributed by atoms with Gasteiger partial charge in [-0.25, -0.2) is 23.4 Å². The molecule has 0 saturated carbocycles. The van der Waals surface area contributed by atoms with Crippen molar-refractivity contribution in [3.63, 3.8) is 0 Å². The predicted octanol–water partition coefficient (Wildman–Crippen LogP) is 2.24. The summed E-state index contributed by atoms with van der Waals surface area (Å²) in [6.45, 7) is 0. The maximum Gasteiger partial charge on any atom is 0.266 e. The van der Waals surface area contributed by atoms with Gasteiger partial charge in [-0.15, -0.1) is 0 Å². The predicted molar refractivity (Wildman–Crippen MR) is 93.0 cm³/mol. The molecule has 4 rings (SSSR count). The van der Waals surface area contributed by atoms with Gasteiger partial charge in [0.1, 0.15) is 35.4 Å². The quantitative estimate of drug-likeness (QED) is 0.536. The van der Waals surface area contributed by atoms with Crippen molar-refractivity contribution in [2.24, 2.45) is 0 Å². The van der Waals surface area contributed by atoms with Gasteiger partial charge in [0.2, 0.25) is 5.88 Å². The van der Waals surface area contributed by atoms with Crippen molar-refractivity contribution in [2.45, 2.75) is 4.90 Å². The number of benzene rings is 1. The van der Waals surface area contributed by atoms with Gasteiger partial charge in [0, 0.05) is 24.1 Å². The van der Waals surface area contributed by atoms with E-state index in [0.29, 0.717) is 23.1 Å². The van der Waals surface area contributed by atoms with E-state index in [9.17, 15) is 8.42 Å². The monoisotopic (exact) mass is 384 g/mol. The lowest BCUT2D eigenvalue weighted by atomic mass is 10.3. The van der Waals surface area contributed by atoms with Crippen LogP contribution < -0.4 is 9.46 Å². The molecule has 1 aromatic carbocycles. The number of aromatic nitrogens is 5. The van der Waals surface area contributed by atoms with E-state index >= 15 is 0 Å². The highest BCUT2D eigenvalue weighted by Gasteiger charge is 2.16. The lowest BCUT2D eigenvalue weighted by Gasteiger charge is -2.08. The molecule has 0 bridgehead atoms. The summed E-state index contributed by atoms with van der Waals surface area (Å²) in [5, 5.41) is 3.38. The number of hydrogen-bond donors (Lipinski definition) is 1. The second-order valence-electron chi connectivity index (χ2n) is 5.28. The molecule has 4 aromatic rings. The number of nitrogens with zero attached hydrogens (tertiary/aromatic N) is 5. The molecule has 3 heterocycles. The Hall–Kier alpha value is -3.73. The minimum Gasteiger partial charge on any atom is -0.439 e. The molecular formula is C16H12N6O4S. The molecule has 0 aliphatic rings. The molecule has 0 fully saturated rings. The molecule has 0 amide bonds. The third-order valence-electron chi connectivity index (χ3n) is 3.45. The average Bonchev–Trinajstić information content (AvgIpc) is 3.38. The van der Waals surface area contributed by atoms with E-state index in [-0.39, 0.29) is 4.90 Å². The summed E-state index contributed by atoms with van der Waals surface area (Å²) < 4.78 is 38.6. The standard InChI is InChI=1S/C16H12N6O4S/c23-27(24,14-8-20-25-9-14)21-12-1-3-13(4-2-12)26-16-7-15(18-10-19-16)22-6-5-17-11-22/h1-11,21H. The second-order valence-corrected chi connectivity index (χ2v) is 6.96. The SMILES string of the molecule is O=S(=O)(Nc1ccc(Oc2cc(-n3ccnc3)ncn2)cc1)c1cnoc1. The first-order chi connectivity index (χ1) is 13.1. The van der Waals surface area contributed by atoms with Gasteiger partial charge >= 0.3 is 0 Å². The molecule has 11 heteroatoms. The van der Waals surface area contributed by atoms with Crippen LogP contribution in [0.25, 0.3) is 5.82 Å². The summed E-state index contributed by atoms with van der Waals surface area (Å²) in [6.07, 6.45) is 8.55. The third kappa shape index (κ3) is 3.77. The average molecular weight is 384 g/mol. The number of hydrogen-bond acceptors (Lipinski definition) is 8. The Kier molecular flexibility index (Phi) is 4.26. The van der Waals surface area contributed by atoms with Crippen LogP contribution in [0.15, 0.2) is 77.3 Å². The molecule has 1 N–H and O–H groups in total. The summed E-state index contributed by atoms with van der Waals surface area (Å²) in [6, 6.07) is 8.02. The Bertz CT molecular complexity index is 1130. The molecule has 0 aliphatic heterocycles. The lowest BCUT2D eigenvalue weighted by molar-refractivity contribution is 0.417. The zero-order chi connectivity index (χ0) is 18.7. The fourth-order valence-electron chi connectivity index (χ4n) is 2.18. The van der Waals surface area contributed by atoms with Crippen molar-refractivity contribution in [1.82, 2.24) is 24.7 Å². The molecule has 136 valence electrons. The van der Waals surface area contributed by atoms with E-state index in [0.717, 1.165) is 12.5 Å². The summed E-state index contributed by atoms with van der Waals surface area (Å²) in [4.78, 5) is 12.1. The van der Waals surface area contributed by atoms with Crippen LogP contribution in [0, 0.1) is 0 Å². The van der Waals surface area contributed by atoms with Crippen LogP contribution in [0.5, 0.6) is 11.6 Å². The van der Waals surface area contributed by atoms with E-state index in [2.05, 4.69) is 29.4 Å². The van der Waals surface area contributed by atoms with Gasteiger partial charge < -0.3 is 9.26 Å². The first-order valence-electron chi connectivity index (χ1n) is 7.61. The molecule has 0 unspecified atom stereocenters. The normalized spacial score (nSPS) is 11.3. The van der Waals surface area contributed by atoms with Crippen molar-refractivity contribution >= 4 is 15.7 Å². The van der Waals surface area contributed by atoms with Crippen molar-refractivity contribution in [3.05, 3.63) is 67.8 Å². The highest BCUT2D eigenvalue weighted by Crippen LogP contribution is 2.23. The fraction of sp³-hybridized carbons (Fsp3) is 0. The summed E-state index contributed by atoms with van der Waals surface area (Å²) in [7, 11) is -3.75. The molecule has 0 atom stereocenters. The van der Waals surface area contributed by atoms with Crippen LogP contribution in [0.1, 0.15) is 0 Å². The third-order valence-corrected chi connectivity index (χ3v) is 4.77. The van der Waals surface area contributed by atoms with Gasteiger partial charge in [0.05, 0.1) is 6.20 Å². The van der Waals surface area contributed by atoms with Gasteiger partial charge in [0.15, 0.2) is 0 Å². The molecule has 0 aliphatic carbocycles. The molecule has 3 aromatic heterocycles. The van der Waals surface area contributed by atoms with Crippen LogP contribution in [0.4, 0.5) is 5.69 Å². The van der Waals surface area contributed by atoms with Gasteiger partial charge in [-0.2, -0.15) is 0 Å². The molecule has 0 saturated heterocycles. The largest absolute Gasteiger partial charge is 0.439 e. The number of sulfonamides is 1. The van der Waals surface area contributed by atoms with Crippen molar-refractivity contribution in [2.75, 3.05) is 4.72 Å². The molecule has 27 heavy (non-hydrogen) atoms. The number of anilines is 1. The topological polar surface area (TPSA) is 125 Å². The van der Waals surface area contributed by atoms with Crippen LogP contribution in [-0.4, -0.2) is 33.1 Å². The van der Waals surface area contributed by atoms with Crippen LogP contribution in [0.3, 0.4) is 0 Å². The summed E-state index contributed by atoms with van der Waals surface area (Å²) in [5.74, 6) is 1.43. The van der Waals surface area contributed by atoms with Crippen molar-refractivity contribution in [1.29, 1.82) is 0 Å². The second kappa shape index (κ2) is 6.88. The Labute approximate surface area is 153 Å². The minimum absolute atomic E-state index is 0.0594. The van der Waals surface area contributed by atoms with Gasteiger partial charge in [-0.3, -0.25) is 9.29 Å². The van der Waals surface area contributed by atoms with E-state index in [1.165, 1.54) is 6.33 Å². The van der Waals surface area contributed by atoms with E-state index < -0.39 is 10.0 Å². The summed E-state index contributed by atoms with van der Waals surface area (Å²) in [5.41, 5.74) is 0.366. The Morgan fingerprint density at radius 3 is 2.70 bits per heavy atom. The molecular weight excluding hydrogens is 372 g/mol. The molecule has 0 spiro atoms. The smallest absolute Gasteiger partial charge is 0.266 e. The fourth-order valence-corrected chi connectivity index (χ4v) is 3.09. The Morgan fingerprint density at radius 2 is 2.00 bits per heavy atom. The number of ether oxygens (including phenoxy) is 1. The lowest BCUT2D eigenvalue weighted by Crippen LogP contribution is -2.11. The first-order valence-corrected chi connectivity index (χ1v) is 9.09. The Balaban J connectivity index is 1.48. The highest BCUT2D eigenvalue weighted by atomic mass is 32.2. The highest BCUT2D eigenvalue weighted by molar-refractivity contribution is 7.92. The van der Waals surface area contributed by atoms with Gasteiger partial charge in [-0.05, 0) is 24.3 Å². The number of nitrogens with one attached hydrogen (secondary N) is 1. The van der Waals surface area contributed by atoms with E-state index in [4.69, 9.17) is 4.74 Å². The van der Waals surface area contributed by atoms with Crippen LogP contribution >= 0.6 is 0 Å². The van der Waals surface area contributed by atoms with E-state index in [1.807, 2.05) is 0 Å². The number of imidazole rings is 1. The van der Waals surface area contributed by atoms with Gasteiger partial charge in [-0.1, -0.05) is 5.16 Å². The molecule has 0 radical (unpaired) electrons. The summed E-state index contributed by atoms with van der Waals surface area (Å²) >= 11 is 0. The molecule has 10 nitrogen and oxygen atoms in total. The van der Waals surface area contributed by atoms with E-state index in [1.54, 1.807) is 53.6 Å². The first kappa shape index (κ1) is 16.7. The Morgan fingerprint density at radius 1 is 1.15 bits per heavy atom. The van der Waals surface area contributed by atoms with Crippen LogP contribution in [-0.2, 0) is 10.0 Å².